The first-order chi connectivity index (χ1) is 8.93. The summed E-state index contributed by atoms with van der Waals surface area (Å²) in [5, 5.41) is 0. The highest BCUT2D eigenvalue weighted by molar-refractivity contribution is 5.96. The van der Waals surface area contributed by atoms with Gasteiger partial charge in [0.15, 0.2) is 5.82 Å². The molecule has 2 unspecified atom stereocenters. The van der Waals surface area contributed by atoms with Crippen molar-refractivity contribution in [3.05, 3.63) is 29.3 Å². The standard InChI is InChI=1S/C14H18F2N2O/c1-8-4-3-7-18(9(8)2)14(19)12-10(15)5-6-11(17)13(12)16/h5-6,8-9H,3-4,7,17H2,1-2H3. The van der Waals surface area contributed by atoms with Crippen molar-refractivity contribution in [1.82, 2.24) is 4.90 Å². The van der Waals surface area contributed by atoms with Crippen molar-refractivity contribution in [3.63, 3.8) is 0 Å². The summed E-state index contributed by atoms with van der Waals surface area (Å²) < 4.78 is 27.6. The van der Waals surface area contributed by atoms with Gasteiger partial charge in [0, 0.05) is 12.6 Å². The van der Waals surface area contributed by atoms with Gasteiger partial charge in [-0.1, -0.05) is 6.92 Å². The van der Waals surface area contributed by atoms with E-state index in [-0.39, 0.29) is 11.7 Å². The van der Waals surface area contributed by atoms with Crippen LogP contribution in [0.1, 0.15) is 37.0 Å². The Hall–Kier alpha value is -1.65. The summed E-state index contributed by atoms with van der Waals surface area (Å²) in [6.07, 6.45) is 1.87. The first kappa shape index (κ1) is 13.8. The van der Waals surface area contributed by atoms with Crippen LogP contribution < -0.4 is 5.73 Å². The minimum absolute atomic E-state index is 0.0264. The molecule has 2 rings (SSSR count). The molecule has 2 N–H and O–H groups in total. The van der Waals surface area contributed by atoms with Gasteiger partial charge in [-0.2, -0.15) is 0 Å². The van der Waals surface area contributed by atoms with E-state index in [0.717, 1.165) is 25.0 Å². The van der Waals surface area contributed by atoms with Crippen LogP contribution >= 0.6 is 0 Å². The lowest BCUT2D eigenvalue weighted by Crippen LogP contribution is -2.46. The van der Waals surface area contributed by atoms with Crippen LogP contribution in [0.5, 0.6) is 0 Å². The van der Waals surface area contributed by atoms with E-state index in [1.807, 2.05) is 13.8 Å². The first-order valence-corrected chi connectivity index (χ1v) is 6.48. The second kappa shape index (κ2) is 5.15. The Balaban J connectivity index is 2.37. The minimum atomic E-state index is -0.963. The van der Waals surface area contributed by atoms with Crippen LogP contribution in [0.2, 0.25) is 0 Å². The fourth-order valence-corrected chi connectivity index (χ4v) is 2.53. The summed E-state index contributed by atoms with van der Waals surface area (Å²) in [7, 11) is 0. The molecule has 0 aromatic heterocycles. The van der Waals surface area contributed by atoms with Gasteiger partial charge in [-0.15, -0.1) is 0 Å². The summed E-state index contributed by atoms with van der Waals surface area (Å²) in [5.74, 6) is -2.11. The molecule has 5 heteroatoms. The van der Waals surface area contributed by atoms with Crippen molar-refractivity contribution in [2.24, 2.45) is 5.92 Å². The fraction of sp³-hybridized carbons (Fsp3) is 0.500. The van der Waals surface area contributed by atoms with Gasteiger partial charge in [0.05, 0.1) is 5.69 Å². The Morgan fingerprint density at radius 3 is 2.74 bits per heavy atom. The Morgan fingerprint density at radius 1 is 1.37 bits per heavy atom. The smallest absolute Gasteiger partial charge is 0.260 e. The van der Waals surface area contributed by atoms with Gasteiger partial charge in [-0.25, -0.2) is 8.78 Å². The lowest BCUT2D eigenvalue weighted by atomic mass is 9.91. The maximum absolute atomic E-state index is 13.9. The van der Waals surface area contributed by atoms with Crippen molar-refractivity contribution in [2.45, 2.75) is 32.7 Å². The molecule has 1 aromatic carbocycles. The van der Waals surface area contributed by atoms with Crippen molar-refractivity contribution in [3.8, 4) is 0 Å². The molecule has 0 radical (unpaired) electrons. The Kier molecular flexibility index (Phi) is 3.73. The van der Waals surface area contributed by atoms with E-state index in [4.69, 9.17) is 5.73 Å². The number of nitrogens with zero attached hydrogens (tertiary/aromatic N) is 1. The zero-order valence-electron chi connectivity index (χ0n) is 11.1. The number of nitrogen functional groups attached to an aromatic ring is 1. The van der Waals surface area contributed by atoms with Crippen LogP contribution in [0.15, 0.2) is 12.1 Å². The highest BCUT2D eigenvalue weighted by Gasteiger charge is 2.32. The number of hydrogen-bond acceptors (Lipinski definition) is 2. The molecule has 0 aliphatic carbocycles. The molecule has 1 amide bonds. The third kappa shape index (κ3) is 2.41. The number of nitrogens with two attached hydrogens (primary N) is 1. The lowest BCUT2D eigenvalue weighted by molar-refractivity contribution is 0.0541. The SMILES string of the molecule is CC1CCCN(C(=O)c2c(F)ccc(N)c2F)C1C. The number of carbonyl (C=O) groups excluding carboxylic acids is 1. The summed E-state index contributed by atoms with van der Waals surface area (Å²) in [6, 6.07) is 2.13. The first-order valence-electron chi connectivity index (χ1n) is 6.48. The molecule has 0 bridgehead atoms. The molecule has 2 atom stereocenters. The van der Waals surface area contributed by atoms with Crippen LogP contribution in [0.25, 0.3) is 0 Å². The minimum Gasteiger partial charge on any atom is -0.396 e. The van der Waals surface area contributed by atoms with Crippen LogP contribution in [0.3, 0.4) is 0 Å². The largest absolute Gasteiger partial charge is 0.396 e. The van der Waals surface area contributed by atoms with E-state index in [2.05, 4.69) is 0 Å². The van der Waals surface area contributed by atoms with Gasteiger partial charge in [0.1, 0.15) is 11.4 Å². The number of benzene rings is 1. The predicted octanol–water partition coefficient (Wildman–Crippen LogP) is 2.81. The Morgan fingerprint density at radius 2 is 2.05 bits per heavy atom. The van der Waals surface area contributed by atoms with Gasteiger partial charge >= 0.3 is 0 Å². The summed E-state index contributed by atoms with van der Waals surface area (Å²) in [4.78, 5) is 13.9. The number of amides is 1. The van der Waals surface area contributed by atoms with E-state index >= 15 is 0 Å². The summed E-state index contributed by atoms with van der Waals surface area (Å²) in [6.45, 7) is 4.47. The maximum atomic E-state index is 13.9. The number of likely N-dealkylation sites (tertiary alicyclic amines) is 1. The molecular weight excluding hydrogens is 250 g/mol. The van der Waals surface area contributed by atoms with E-state index < -0.39 is 23.1 Å². The summed E-state index contributed by atoms with van der Waals surface area (Å²) >= 11 is 0. The number of rotatable bonds is 1. The number of piperidine rings is 1. The molecule has 3 nitrogen and oxygen atoms in total. The third-order valence-corrected chi connectivity index (χ3v) is 3.97. The van der Waals surface area contributed by atoms with Crippen LogP contribution in [0, 0.1) is 17.6 Å². The molecule has 1 heterocycles. The number of hydrogen-bond donors (Lipinski definition) is 1. The van der Waals surface area contributed by atoms with Gasteiger partial charge in [0.25, 0.3) is 5.91 Å². The molecule has 104 valence electrons. The maximum Gasteiger partial charge on any atom is 0.260 e. The quantitative estimate of drug-likeness (QED) is 0.796. The number of halogens is 2. The van der Waals surface area contributed by atoms with Crippen LogP contribution in [-0.2, 0) is 0 Å². The average molecular weight is 268 g/mol. The molecular formula is C14H18F2N2O. The van der Waals surface area contributed by atoms with Crippen molar-refractivity contribution < 1.29 is 13.6 Å². The number of anilines is 1. The molecule has 19 heavy (non-hydrogen) atoms. The highest BCUT2D eigenvalue weighted by atomic mass is 19.1. The van der Waals surface area contributed by atoms with Crippen molar-refractivity contribution >= 4 is 11.6 Å². The van der Waals surface area contributed by atoms with Crippen LogP contribution in [-0.4, -0.2) is 23.4 Å². The Bertz CT molecular complexity index is 504. The van der Waals surface area contributed by atoms with Gasteiger partial charge < -0.3 is 10.6 Å². The van der Waals surface area contributed by atoms with E-state index in [1.54, 1.807) is 0 Å². The normalized spacial score (nSPS) is 23.5. The monoisotopic (exact) mass is 268 g/mol. The molecule has 1 aromatic rings. The molecule has 1 aliphatic heterocycles. The fourth-order valence-electron chi connectivity index (χ4n) is 2.53. The predicted molar refractivity (Wildman–Crippen MR) is 69.7 cm³/mol. The Labute approximate surface area is 111 Å². The van der Waals surface area contributed by atoms with E-state index in [9.17, 15) is 13.6 Å². The molecule has 1 fully saturated rings. The van der Waals surface area contributed by atoms with E-state index in [0.29, 0.717) is 12.5 Å². The second-order valence-electron chi connectivity index (χ2n) is 5.18. The third-order valence-electron chi connectivity index (χ3n) is 3.97. The molecule has 1 aliphatic rings. The molecule has 1 saturated heterocycles. The molecule has 0 spiro atoms. The average Bonchev–Trinajstić information content (AvgIpc) is 2.37. The molecule has 0 saturated carbocycles. The lowest BCUT2D eigenvalue weighted by Gasteiger charge is -2.38. The van der Waals surface area contributed by atoms with Gasteiger partial charge in [-0.3, -0.25) is 4.79 Å². The zero-order chi connectivity index (χ0) is 14.2. The van der Waals surface area contributed by atoms with Crippen LogP contribution in [0.4, 0.5) is 14.5 Å². The topological polar surface area (TPSA) is 46.3 Å². The van der Waals surface area contributed by atoms with Crippen molar-refractivity contribution in [2.75, 3.05) is 12.3 Å². The van der Waals surface area contributed by atoms with Gasteiger partial charge in [0.2, 0.25) is 0 Å². The van der Waals surface area contributed by atoms with E-state index in [1.165, 1.54) is 4.90 Å². The highest BCUT2D eigenvalue weighted by Crippen LogP contribution is 2.27. The second-order valence-corrected chi connectivity index (χ2v) is 5.18. The van der Waals surface area contributed by atoms with Crippen molar-refractivity contribution in [1.29, 1.82) is 0 Å². The zero-order valence-corrected chi connectivity index (χ0v) is 11.1. The number of carbonyl (C=O) groups is 1. The van der Waals surface area contributed by atoms with Gasteiger partial charge in [-0.05, 0) is 37.8 Å². The summed E-state index contributed by atoms with van der Waals surface area (Å²) in [5.41, 5.74) is 4.66.